The highest BCUT2D eigenvalue weighted by Gasteiger charge is 2.35. The van der Waals surface area contributed by atoms with Gasteiger partial charge in [-0.1, -0.05) is 133 Å². The zero-order valence-electron chi connectivity index (χ0n) is 41.2. The van der Waals surface area contributed by atoms with Crippen LogP contribution in [-0.2, 0) is 70.5 Å². The second-order valence-electron chi connectivity index (χ2n) is 18.5. The number of carboxylic acids is 1. The van der Waals surface area contributed by atoms with Gasteiger partial charge in [-0.3, -0.25) is 33.6 Å². The summed E-state index contributed by atoms with van der Waals surface area (Å²) < 4.78 is 0. The minimum Gasteiger partial charge on any atom is -0.480 e. The number of carbonyl (C=O) groups excluding carboxylic acids is 7. The largest absolute Gasteiger partial charge is 0.480 e. The van der Waals surface area contributed by atoms with Crippen molar-refractivity contribution >= 4 is 64.2 Å². The molecule has 16 nitrogen and oxygen atoms in total. The first-order valence-electron chi connectivity index (χ1n) is 24.9. The topological polar surface area (TPSA) is 255 Å². The summed E-state index contributed by atoms with van der Waals surface area (Å²) >= 11 is 1.34. The molecule has 1 aromatic heterocycles. The zero-order chi connectivity index (χ0) is 53.1. The number of ketones is 1. The predicted octanol–water partition coefficient (Wildman–Crippen LogP) is 5.09. The Hall–Kier alpha value is -8.28. The molecule has 0 aliphatic carbocycles. The molecule has 0 spiro atoms. The van der Waals surface area contributed by atoms with Gasteiger partial charge in [0.2, 0.25) is 35.4 Å². The first-order chi connectivity index (χ1) is 36.3. The van der Waals surface area contributed by atoms with E-state index >= 15 is 0 Å². The highest BCUT2D eigenvalue weighted by molar-refractivity contribution is 7.09. The number of hydrogen-bond acceptors (Lipinski definition) is 10. The molecule has 9 N–H and O–H groups in total. The van der Waals surface area contributed by atoms with Crippen molar-refractivity contribution in [1.82, 2.24) is 26.6 Å². The monoisotopic (exact) mass is 1030 g/mol. The van der Waals surface area contributed by atoms with Crippen LogP contribution in [0.5, 0.6) is 0 Å². The maximum Gasteiger partial charge on any atom is 0.326 e. The molecule has 5 aromatic carbocycles. The third-order valence-corrected chi connectivity index (χ3v) is 13.7. The van der Waals surface area contributed by atoms with Crippen molar-refractivity contribution in [3.05, 3.63) is 184 Å². The smallest absolute Gasteiger partial charge is 0.326 e. The molecular weight excluding hydrogens is 971 g/mol. The average molecular weight is 1030 g/mol. The van der Waals surface area contributed by atoms with Crippen molar-refractivity contribution in [2.45, 2.75) is 88.0 Å². The van der Waals surface area contributed by atoms with Crippen LogP contribution in [0, 0.1) is 5.92 Å². The summed E-state index contributed by atoms with van der Waals surface area (Å²) in [5, 5.41) is 28.7. The van der Waals surface area contributed by atoms with Crippen molar-refractivity contribution in [2.75, 3.05) is 11.9 Å². The van der Waals surface area contributed by atoms with Crippen LogP contribution in [0.3, 0.4) is 0 Å². The highest BCUT2D eigenvalue weighted by atomic mass is 32.1. The molecule has 0 fully saturated rings. The van der Waals surface area contributed by atoms with Gasteiger partial charge >= 0.3 is 5.97 Å². The third-order valence-electron chi connectivity index (χ3n) is 12.8. The lowest BCUT2D eigenvalue weighted by molar-refractivity contribution is -0.142. The third kappa shape index (κ3) is 16.6. The molecule has 0 radical (unpaired) electrons. The van der Waals surface area contributed by atoms with Crippen LogP contribution >= 0.6 is 11.3 Å². The molecule has 2 aliphatic rings. The van der Waals surface area contributed by atoms with E-state index in [-0.39, 0.29) is 45.1 Å². The summed E-state index contributed by atoms with van der Waals surface area (Å²) in [6, 6.07) is 38.2. The number of benzene rings is 5. The summed E-state index contributed by atoms with van der Waals surface area (Å²) in [6.07, 6.45) is -0.814. The highest BCUT2D eigenvalue weighted by Crippen LogP contribution is 2.23. The number of carbonyl (C=O) groups is 8. The normalized spacial score (nSPS) is 19.3. The molecule has 75 heavy (non-hydrogen) atoms. The number of thiophene rings is 1. The fourth-order valence-corrected chi connectivity index (χ4v) is 9.54. The lowest BCUT2D eigenvalue weighted by Gasteiger charge is -2.27. The van der Waals surface area contributed by atoms with E-state index in [4.69, 9.17) is 5.73 Å². The Bertz CT molecular complexity index is 2890. The van der Waals surface area contributed by atoms with Gasteiger partial charge in [-0.25, -0.2) is 4.79 Å². The first kappa shape index (κ1) is 54.5. The van der Waals surface area contributed by atoms with Crippen molar-refractivity contribution < 1.29 is 43.5 Å². The average Bonchev–Trinajstić information content (AvgIpc) is 3.93. The lowest BCUT2D eigenvalue weighted by Crippen LogP contribution is -2.59. The fourth-order valence-electron chi connectivity index (χ4n) is 8.79. The Labute approximate surface area is 439 Å². The van der Waals surface area contributed by atoms with E-state index in [1.54, 1.807) is 91.0 Å². The maximum absolute atomic E-state index is 15.0. The number of nitrogens with one attached hydrogen (secondary N) is 6. The Morgan fingerprint density at radius 3 is 1.81 bits per heavy atom. The lowest BCUT2D eigenvalue weighted by atomic mass is 9.89. The van der Waals surface area contributed by atoms with Crippen LogP contribution < -0.4 is 37.6 Å². The van der Waals surface area contributed by atoms with Gasteiger partial charge in [0.25, 0.3) is 0 Å². The summed E-state index contributed by atoms with van der Waals surface area (Å²) in [6.45, 7) is 0.208. The quantitative estimate of drug-likeness (QED) is 0.0596. The van der Waals surface area contributed by atoms with Crippen LogP contribution in [0.2, 0.25) is 0 Å². The minimum atomic E-state index is -1.44. The number of hydrogen-bond donors (Lipinski definition) is 8. The van der Waals surface area contributed by atoms with Crippen molar-refractivity contribution in [2.24, 2.45) is 11.7 Å². The molecule has 0 unspecified atom stereocenters. The number of anilines is 1. The van der Waals surface area contributed by atoms with Gasteiger partial charge in [-0.15, -0.1) is 11.3 Å². The van der Waals surface area contributed by atoms with Gasteiger partial charge < -0.3 is 42.7 Å². The zero-order valence-corrected chi connectivity index (χ0v) is 42.1. The van der Waals surface area contributed by atoms with Crippen molar-refractivity contribution in [3.8, 4) is 11.1 Å². The van der Waals surface area contributed by atoms with E-state index in [2.05, 4.69) is 31.9 Å². The molecule has 0 saturated heterocycles. The number of fused-ring (bicyclic) bond motifs is 18. The van der Waals surface area contributed by atoms with Gasteiger partial charge in [0.05, 0.1) is 12.5 Å². The number of amides is 6. The second-order valence-corrected chi connectivity index (χ2v) is 19.6. The predicted molar refractivity (Wildman–Crippen MR) is 286 cm³/mol. The van der Waals surface area contributed by atoms with E-state index in [1.807, 2.05) is 66.0 Å². The molecular formula is C58H61N7O9S. The first-order valence-corrected chi connectivity index (χ1v) is 25.8. The van der Waals surface area contributed by atoms with Crippen molar-refractivity contribution in [1.29, 1.82) is 0 Å². The van der Waals surface area contributed by atoms with Crippen molar-refractivity contribution in [3.63, 3.8) is 0 Å². The Kier molecular flexibility index (Phi) is 19.7. The standard InChI is InChI=1S/C58H61N7O9S/c59-28-10-19-52(67)61-49-36-53(68)60-44-26-22-39(23-27-44)30-43(54(69)65-50(58(73)74)33-38-14-6-2-7-15-38)34-51(66)46(31-37-12-4-1-5-13-37)62-55(70)47(32-40-20-24-42(25-21-40)41-16-8-3-9-17-41)63-56(71)48(64-57(49)72)35-45-18-11-29-75-45/h1-9,11-18,20-27,29,43,46-50H,10,19,28,30-36,59H2,(H,60,68)(H,61,67)(H,62,70)(H,63,71)(H,64,72)(H,65,69)(H,73,74)/t43-,46-,47+,48-,49+,50+/m1/s1. The second kappa shape index (κ2) is 27.1. The van der Waals surface area contributed by atoms with E-state index in [9.17, 15) is 43.5 Å². The molecule has 8 rings (SSSR count). The summed E-state index contributed by atoms with van der Waals surface area (Å²) in [5.74, 6) is -7.15. The molecule has 388 valence electrons. The summed E-state index contributed by atoms with van der Waals surface area (Å²) in [5.41, 5.74) is 10.4. The molecule has 3 heterocycles. The van der Waals surface area contributed by atoms with E-state index in [0.29, 0.717) is 39.2 Å². The van der Waals surface area contributed by atoms with Crippen LogP contribution in [0.25, 0.3) is 11.1 Å². The number of aliphatic carboxylic acids is 1. The van der Waals surface area contributed by atoms with Crippen LogP contribution in [0.1, 0.15) is 52.8 Å². The molecule has 17 heteroatoms. The SMILES string of the molecule is NCCCC(=O)N[C@H]1CC(=O)Nc2ccc(cc2)C[C@@H](C(=O)N[C@@H](Cc2ccccc2)C(=O)O)CC(=O)[C@@H](Cc2ccccc2)NC(=O)[C@H](Cc2ccc(-c3ccccc3)cc2)NC(=O)[C@@H](Cc2cccs2)NC1=O. The van der Waals surface area contributed by atoms with E-state index in [0.717, 1.165) is 11.1 Å². The fraction of sp³-hybridized carbons (Fsp3) is 0.276. The molecule has 0 saturated carbocycles. The van der Waals surface area contributed by atoms with Crippen LogP contribution in [0.4, 0.5) is 5.69 Å². The minimum absolute atomic E-state index is 0.00178. The summed E-state index contributed by atoms with van der Waals surface area (Å²) in [4.78, 5) is 114. The maximum atomic E-state index is 15.0. The van der Waals surface area contributed by atoms with Gasteiger partial charge in [-0.2, -0.15) is 0 Å². The Morgan fingerprint density at radius 2 is 1.19 bits per heavy atom. The molecule has 2 bridgehead atoms. The van der Waals surface area contributed by atoms with Gasteiger partial charge in [-0.05, 0) is 82.8 Å². The van der Waals surface area contributed by atoms with E-state index < -0.39 is 96.2 Å². The molecule has 6 atom stereocenters. The number of rotatable bonds is 16. The molecule has 6 aromatic rings. The number of carboxylic acid groups (broad SMARTS) is 1. The number of nitrogens with two attached hydrogens (primary N) is 1. The summed E-state index contributed by atoms with van der Waals surface area (Å²) in [7, 11) is 0. The Balaban J connectivity index is 1.27. The number of Topliss-reactive ketones (excluding diaryl/α,β-unsaturated/α-hetero) is 1. The van der Waals surface area contributed by atoms with Gasteiger partial charge in [0, 0.05) is 48.6 Å². The van der Waals surface area contributed by atoms with Crippen LogP contribution in [0.15, 0.2) is 157 Å². The molecule has 6 amide bonds. The van der Waals surface area contributed by atoms with Gasteiger partial charge in [0.15, 0.2) is 5.78 Å². The van der Waals surface area contributed by atoms with Gasteiger partial charge in [0.1, 0.15) is 24.2 Å². The Morgan fingerprint density at radius 1 is 0.613 bits per heavy atom. The van der Waals surface area contributed by atoms with E-state index in [1.165, 1.54) is 11.3 Å². The molecule has 2 aliphatic heterocycles. The van der Waals surface area contributed by atoms with Crippen LogP contribution in [-0.4, -0.2) is 89.1 Å².